The molecule has 0 aliphatic carbocycles. The van der Waals surface area contributed by atoms with Gasteiger partial charge in [-0.25, -0.2) is 8.42 Å². The van der Waals surface area contributed by atoms with E-state index in [-0.39, 0.29) is 16.4 Å². The monoisotopic (exact) mass is 427 g/mol. The Kier molecular flexibility index (Phi) is 6.36. The van der Waals surface area contributed by atoms with Crippen LogP contribution in [0.5, 0.6) is 5.75 Å². The van der Waals surface area contributed by atoms with Gasteiger partial charge in [-0.3, -0.25) is 9.52 Å². The largest absolute Gasteiger partial charge is 0.496 e. The van der Waals surface area contributed by atoms with Crippen LogP contribution in [0.2, 0.25) is 5.02 Å². The number of hydrogen-bond acceptors (Lipinski definition) is 4. The molecule has 0 atom stereocenters. The van der Waals surface area contributed by atoms with Crippen LogP contribution in [0.25, 0.3) is 6.08 Å². The predicted octanol–water partition coefficient (Wildman–Crippen LogP) is 5.05. The Morgan fingerprint density at radius 3 is 2.45 bits per heavy atom. The second-order valence-corrected chi connectivity index (χ2v) is 8.20. The summed E-state index contributed by atoms with van der Waals surface area (Å²) in [4.78, 5) is 12.6. The number of hydrogen-bond donors (Lipinski definition) is 1. The quantitative estimate of drug-likeness (QED) is 0.423. The van der Waals surface area contributed by atoms with Crippen molar-refractivity contribution in [3.05, 3.63) is 95.0 Å². The molecule has 0 fully saturated rings. The van der Waals surface area contributed by atoms with Crippen molar-refractivity contribution in [2.24, 2.45) is 0 Å². The highest BCUT2D eigenvalue weighted by Crippen LogP contribution is 2.21. The minimum absolute atomic E-state index is 0.0784. The topological polar surface area (TPSA) is 72.5 Å². The molecule has 0 aliphatic rings. The molecule has 29 heavy (non-hydrogen) atoms. The first-order chi connectivity index (χ1) is 13.9. The summed E-state index contributed by atoms with van der Waals surface area (Å²) in [7, 11) is -2.23. The molecule has 148 valence electrons. The zero-order valence-corrected chi connectivity index (χ0v) is 17.1. The summed E-state index contributed by atoms with van der Waals surface area (Å²) < 4.78 is 32.7. The molecule has 7 heteroatoms. The van der Waals surface area contributed by atoms with Gasteiger partial charge in [0.15, 0.2) is 5.78 Å². The third kappa shape index (κ3) is 5.25. The van der Waals surface area contributed by atoms with Gasteiger partial charge in [0.1, 0.15) is 5.75 Å². The lowest BCUT2D eigenvalue weighted by atomic mass is 10.1. The molecule has 0 heterocycles. The maximum absolute atomic E-state index is 12.5. The number of benzene rings is 3. The Morgan fingerprint density at radius 1 is 1.00 bits per heavy atom. The molecule has 0 saturated carbocycles. The van der Waals surface area contributed by atoms with Crippen LogP contribution in [-0.4, -0.2) is 21.3 Å². The number of ketones is 1. The number of carbonyl (C=O) groups is 1. The van der Waals surface area contributed by atoms with Crippen LogP contribution in [0.15, 0.2) is 83.8 Å². The van der Waals surface area contributed by atoms with Crippen molar-refractivity contribution < 1.29 is 17.9 Å². The van der Waals surface area contributed by atoms with Crippen LogP contribution >= 0.6 is 11.6 Å². The van der Waals surface area contributed by atoms with E-state index in [9.17, 15) is 13.2 Å². The lowest BCUT2D eigenvalue weighted by molar-refractivity contribution is 0.104. The first-order valence-corrected chi connectivity index (χ1v) is 10.5. The van der Waals surface area contributed by atoms with Crippen LogP contribution in [0.1, 0.15) is 15.9 Å². The minimum Gasteiger partial charge on any atom is -0.496 e. The van der Waals surface area contributed by atoms with E-state index in [0.29, 0.717) is 16.3 Å². The van der Waals surface area contributed by atoms with Gasteiger partial charge in [0.2, 0.25) is 0 Å². The molecule has 3 aromatic rings. The summed E-state index contributed by atoms with van der Waals surface area (Å²) in [6.45, 7) is 0. The lowest BCUT2D eigenvalue weighted by Crippen LogP contribution is -2.13. The number of nitrogens with one attached hydrogen (secondary N) is 1. The zero-order valence-electron chi connectivity index (χ0n) is 15.5. The average Bonchev–Trinajstić information content (AvgIpc) is 2.72. The van der Waals surface area contributed by atoms with Crippen LogP contribution in [-0.2, 0) is 10.0 Å². The summed E-state index contributed by atoms with van der Waals surface area (Å²) in [5.41, 5.74) is 1.41. The fourth-order valence-corrected chi connectivity index (χ4v) is 3.81. The Hall–Kier alpha value is -3.09. The number of allylic oxidation sites excluding steroid dienone is 1. The van der Waals surface area contributed by atoms with E-state index in [4.69, 9.17) is 16.3 Å². The van der Waals surface area contributed by atoms with Crippen molar-refractivity contribution in [2.75, 3.05) is 11.8 Å². The van der Waals surface area contributed by atoms with Crippen molar-refractivity contribution >= 4 is 39.2 Å². The number of halogens is 1. The molecular formula is C22H18ClNO4S. The summed E-state index contributed by atoms with van der Waals surface area (Å²) in [6.07, 6.45) is 3.08. The van der Waals surface area contributed by atoms with Gasteiger partial charge in [-0.05, 0) is 54.6 Å². The number of rotatable bonds is 7. The summed E-state index contributed by atoms with van der Waals surface area (Å²) >= 11 is 5.80. The second-order valence-electron chi connectivity index (χ2n) is 6.08. The smallest absolute Gasteiger partial charge is 0.261 e. The Labute approximate surface area is 174 Å². The van der Waals surface area contributed by atoms with Gasteiger partial charge in [-0.1, -0.05) is 41.9 Å². The van der Waals surface area contributed by atoms with E-state index in [2.05, 4.69) is 4.72 Å². The normalized spacial score (nSPS) is 11.4. The van der Waals surface area contributed by atoms with Gasteiger partial charge in [0.25, 0.3) is 10.0 Å². The summed E-state index contributed by atoms with van der Waals surface area (Å²) in [5.74, 6) is 0.393. The van der Waals surface area contributed by atoms with Gasteiger partial charge in [-0.15, -0.1) is 0 Å². The highest BCUT2D eigenvalue weighted by Gasteiger charge is 2.14. The van der Waals surface area contributed by atoms with E-state index >= 15 is 0 Å². The third-order valence-electron chi connectivity index (χ3n) is 4.08. The zero-order chi connectivity index (χ0) is 20.9. The first-order valence-electron chi connectivity index (χ1n) is 8.63. The fraction of sp³-hybridized carbons (Fsp3) is 0.0455. The molecule has 5 nitrogen and oxygen atoms in total. The second kappa shape index (κ2) is 8.94. The van der Waals surface area contributed by atoms with E-state index in [1.54, 1.807) is 37.5 Å². The van der Waals surface area contributed by atoms with Crippen LogP contribution in [0.3, 0.4) is 0 Å². The predicted molar refractivity (Wildman–Crippen MR) is 115 cm³/mol. The van der Waals surface area contributed by atoms with Crippen molar-refractivity contribution in [2.45, 2.75) is 4.90 Å². The maximum Gasteiger partial charge on any atom is 0.261 e. The van der Waals surface area contributed by atoms with Crippen molar-refractivity contribution in [1.82, 2.24) is 0 Å². The molecule has 0 aromatic heterocycles. The molecule has 0 amide bonds. The average molecular weight is 428 g/mol. The van der Waals surface area contributed by atoms with Gasteiger partial charge in [-0.2, -0.15) is 0 Å². The molecule has 0 aliphatic heterocycles. The minimum atomic E-state index is -3.79. The van der Waals surface area contributed by atoms with Gasteiger partial charge in [0.05, 0.1) is 12.0 Å². The number of para-hydroxylation sites is 1. The van der Waals surface area contributed by atoms with Crippen molar-refractivity contribution in [1.29, 1.82) is 0 Å². The lowest BCUT2D eigenvalue weighted by Gasteiger charge is -2.09. The molecule has 3 aromatic carbocycles. The summed E-state index contributed by atoms with van der Waals surface area (Å²) in [5, 5.41) is 0.443. The molecule has 1 N–H and O–H groups in total. The van der Waals surface area contributed by atoms with E-state index in [1.165, 1.54) is 36.4 Å². The highest BCUT2D eigenvalue weighted by atomic mass is 35.5. The highest BCUT2D eigenvalue weighted by molar-refractivity contribution is 7.92. The SMILES string of the molecule is COc1ccccc1/C=C/C(=O)c1cccc(NS(=O)(=O)c2ccc(Cl)cc2)c1. The Bertz CT molecular complexity index is 1160. The molecule has 0 spiro atoms. The molecule has 3 rings (SSSR count). The Balaban J connectivity index is 1.79. The number of ether oxygens (including phenoxy) is 1. The molecular weight excluding hydrogens is 410 g/mol. The van der Waals surface area contributed by atoms with E-state index in [0.717, 1.165) is 5.56 Å². The first kappa shape index (κ1) is 20.6. The van der Waals surface area contributed by atoms with E-state index in [1.807, 2.05) is 18.2 Å². The van der Waals surface area contributed by atoms with E-state index < -0.39 is 10.0 Å². The van der Waals surface area contributed by atoms with Gasteiger partial charge >= 0.3 is 0 Å². The van der Waals surface area contributed by atoms with Crippen molar-refractivity contribution in [3.8, 4) is 5.75 Å². The van der Waals surface area contributed by atoms with Crippen LogP contribution in [0.4, 0.5) is 5.69 Å². The van der Waals surface area contributed by atoms with Gasteiger partial charge in [0, 0.05) is 21.8 Å². The molecule has 0 bridgehead atoms. The van der Waals surface area contributed by atoms with Gasteiger partial charge < -0.3 is 4.74 Å². The maximum atomic E-state index is 12.5. The third-order valence-corrected chi connectivity index (χ3v) is 5.73. The van der Waals surface area contributed by atoms with Crippen LogP contribution in [0, 0.1) is 0 Å². The van der Waals surface area contributed by atoms with Crippen LogP contribution < -0.4 is 9.46 Å². The molecule has 0 saturated heterocycles. The summed E-state index contributed by atoms with van der Waals surface area (Å²) in [6, 6.07) is 19.4. The number of sulfonamides is 1. The molecule has 0 radical (unpaired) electrons. The standard InChI is InChI=1S/C22H18ClNO4S/c1-28-22-8-3-2-5-16(22)9-14-21(25)17-6-4-7-19(15-17)24-29(26,27)20-12-10-18(23)11-13-20/h2-15,24H,1H3/b14-9+. The number of carbonyl (C=O) groups excluding carboxylic acids is 1. The molecule has 0 unspecified atom stereocenters. The number of anilines is 1. The van der Waals surface area contributed by atoms with Crippen molar-refractivity contribution in [3.63, 3.8) is 0 Å². The Morgan fingerprint density at radius 2 is 1.72 bits per heavy atom. The fourth-order valence-electron chi connectivity index (χ4n) is 2.63. The number of methoxy groups -OCH3 is 1.